The van der Waals surface area contributed by atoms with Crippen LogP contribution in [0.4, 0.5) is 0 Å². The third-order valence-corrected chi connectivity index (χ3v) is 5.45. The molecule has 3 N–H and O–H groups in total. The highest BCUT2D eigenvalue weighted by atomic mass is 32.2. The van der Waals surface area contributed by atoms with Crippen LogP contribution in [0.25, 0.3) is 0 Å². The molecule has 7 heteroatoms. The van der Waals surface area contributed by atoms with Gasteiger partial charge in [0.2, 0.25) is 10.0 Å². The van der Waals surface area contributed by atoms with Gasteiger partial charge in [0.25, 0.3) is 0 Å². The first-order valence-electron chi connectivity index (χ1n) is 6.68. The number of rotatable bonds is 4. The van der Waals surface area contributed by atoms with Crippen LogP contribution in [-0.4, -0.2) is 33.7 Å². The molecule has 20 heavy (non-hydrogen) atoms. The highest BCUT2D eigenvalue weighted by Crippen LogP contribution is 2.35. The van der Waals surface area contributed by atoms with Crippen molar-refractivity contribution in [3.05, 3.63) is 18.2 Å². The molecule has 0 aromatic heterocycles. The van der Waals surface area contributed by atoms with E-state index in [1.807, 2.05) is 0 Å². The summed E-state index contributed by atoms with van der Waals surface area (Å²) in [6.45, 7) is 1.22. The molecule has 0 atom stereocenters. The lowest BCUT2D eigenvalue weighted by molar-refractivity contribution is 0.171. The summed E-state index contributed by atoms with van der Waals surface area (Å²) in [5.74, 6) is 1.04. The summed E-state index contributed by atoms with van der Waals surface area (Å²) in [7, 11) is -3.59. The van der Waals surface area contributed by atoms with Crippen molar-refractivity contribution in [2.75, 3.05) is 19.8 Å². The maximum absolute atomic E-state index is 12.4. The Morgan fingerprint density at radius 3 is 2.50 bits per heavy atom. The molecule has 1 aliphatic carbocycles. The van der Waals surface area contributed by atoms with E-state index < -0.39 is 15.6 Å². The largest absolute Gasteiger partial charge is 0.486 e. The molecule has 0 saturated heterocycles. The average molecular weight is 298 g/mol. The van der Waals surface area contributed by atoms with Gasteiger partial charge in [0.05, 0.1) is 4.90 Å². The molecule has 0 spiro atoms. The van der Waals surface area contributed by atoms with Crippen molar-refractivity contribution < 1.29 is 17.9 Å². The van der Waals surface area contributed by atoms with Gasteiger partial charge in [-0.15, -0.1) is 0 Å². The normalized spacial score (nSPS) is 20.2. The van der Waals surface area contributed by atoms with Crippen molar-refractivity contribution in [3.63, 3.8) is 0 Å². The molecule has 2 aliphatic rings. The molecule has 1 aromatic rings. The fourth-order valence-electron chi connectivity index (χ4n) is 2.49. The Hall–Kier alpha value is -1.31. The molecule has 1 fully saturated rings. The SMILES string of the molecule is NCC1(NS(=O)(=O)c2ccc3c(c2)OCCO3)CCC1. The molecular weight excluding hydrogens is 280 g/mol. The highest BCUT2D eigenvalue weighted by Gasteiger charge is 2.39. The Kier molecular flexibility index (Phi) is 3.35. The lowest BCUT2D eigenvalue weighted by Crippen LogP contribution is -2.58. The van der Waals surface area contributed by atoms with Gasteiger partial charge in [0.1, 0.15) is 13.2 Å². The third-order valence-electron chi connectivity index (χ3n) is 3.88. The molecule has 1 aromatic carbocycles. The lowest BCUT2D eigenvalue weighted by atomic mass is 9.78. The number of benzene rings is 1. The second-order valence-corrected chi connectivity index (χ2v) is 6.93. The van der Waals surface area contributed by atoms with Crippen molar-refractivity contribution in [2.45, 2.75) is 29.7 Å². The Bertz CT molecular complexity index is 605. The third kappa shape index (κ3) is 2.36. The van der Waals surface area contributed by atoms with Crippen molar-refractivity contribution >= 4 is 10.0 Å². The predicted molar refractivity (Wildman–Crippen MR) is 73.4 cm³/mol. The molecule has 0 amide bonds. The predicted octanol–water partition coefficient (Wildman–Crippen LogP) is 0.617. The number of fused-ring (bicyclic) bond motifs is 1. The topological polar surface area (TPSA) is 90.7 Å². The van der Waals surface area contributed by atoms with Gasteiger partial charge in [0, 0.05) is 18.2 Å². The van der Waals surface area contributed by atoms with E-state index in [1.165, 1.54) is 12.1 Å². The zero-order valence-corrected chi connectivity index (χ0v) is 11.9. The van der Waals surface area contributed by atoms with Gasteiger partial charge in [-0.3, -0.25) is 0 Å². The van der Waals surface area contributed by atoms with Crippen LogP contribution in [0.15, 0.2) is 23.1 Å². The summed E-state index contributed by atoms with van der Waals surface area (Å²) < 4.78 is 38.4. The number of ether oxygens (including phenoxy) is 2. The minimum Gasteiger partial charge on any atom is -0.486 e. The van der Waals surface area contributed by atoms with Crippen LogP contribution in [0.5, 0.6) is 11.5 Å². The van der Waals surface area contributed by atoms with Gasteiger partial charge in [-0.1, -0.05) is 0 Å². The van der Waals surface area contributed by atoms with E-state index in [2.05, 4.69) is 4.72 Å². The van der Waals surface area contributed by atoms with Crippen LogP contribution < -0.4 is 19.9 Å². The first-order valence-corrected chi connectivity index (χ1v) is 8.17. The van der Waals surface area contributed by atoms with Crippen molar-refractivity contribution in [3.8, 4) is 11.5 Å². The average Bonchev–Trinajstić information content (AvgIpc) is 2.42. The van der Waals surface area contributed by atoms with Gasteiger partial charge in [-0.2, -0.15) is 0 Å². The minimum atomic E-state index is -3.59. The molecular formula is C13H18N2O4S. The summed E-state index contributed by atoms with van der Waals surface area (Å²) in [4.78, 5) is 0.182. The van der Waals surface area contributed by atoms with Crippen LogP contribution >= 0.6 is 0 Å². The van der Waals surface area contributed by atoms with Gasteiger partial charge in [0.15, 0.2) is 11.5 Å². The smallest absolute Gasteiger partial charge is 0.241 e. The van der Waals surface area contributed by atoms with Crippen LogP contribution in [0.3, 0.4) is 0 Å². The van der Waals surface area contributed by atoms with E-state index >= 15 is 0 Å². The van der Waals surface area contributed by atoms with E-state index in [-0.39, 0.29) is 4.90 Å². The van der Waals surface area contributed by atoms with E-state index in [1.54, 1.807) is 6.07 Å². The van der Waals surface area contributed by atoms with Crippen LogP contribution in [0.2, 0.25) is 0 Å². The number of hydrogen-bond donors (Lipinski definition) is 2. The maximum Gasteiger partial charge on any atom is 0.241 e. The van der Waals surface area contributed by atoms with Gasteiger partial charge < -0.3 is 15.2 Å². The summed E-state index contributed by atoms with van der Waals surface area (Å²) in [6, 6.07) is 4.65. The molecule has 3 rings (SSSR count). The van der Waals surface area contributed by atoms with E-state index in [0.29, 0.717) is 31.3 Å². The van der Waals surface area contributed by atoms with Gasteiger partial charge in [-0.05, 0) is 31.4 Å². The summed E-state index contributed by atoms with van der Waals surface area (Å²) in [6.07, 6.45) is 2.57. The van der Waals surface area contributed by atoms with Crippen LogP contribution in [-0.2, 0) is 10.0 Å². The molecule has 6 nitrogen and oxygen atoms in total. The first kappa shape index (κ1) is 13.7. The molecule has 0 radical (unpaired) electrons. The highest BCUT2D eigenvalue weighted by molar-refractivity contribution is 7.89. The van der Waals surface area contributed by atoms with Crippen molar-refractivity contribution in [2.24, 2.45) is 5.73 Å². The zero-order valence-electron chi connectivity index (χ0n) is 11.1. The molecule has 1 heterocycles. The monoisotopic (exact) mass is 298 g/mol. The minimum absolute atomic E-state index is 0.182. The second kappa shape index (κ2) is 4.91. The molecule has 0 bridgehead atoms. The van der Waals surface area contributed by atoms with Crippen molar-refractivity contribution in [1.29, 1.82) is 0 Å². The number of sulfonamides is 1. The van der Waals surface area contributed by atoms with E-state index in [4.69, 9.17) is 15.2 Å². The van der Waals surface area contributed by atoms with E-state index in [0.717, 1.165) is 19.3 Å². The van der Waals surface area contributed by atoms with Gasteiger partial charge in [-0.25, -0.2) is 13.1 Å². The Balaban J connectivity index is 1.87. The summed E-state index contributed by atoms with van der Waals surface area (Å²) >= 11 is 0. The molecule has 110 valence electrons. The maximum atomic E-state index is 12.4. The first-order chi connectivity index (χ1) is 9.55. The van der Waals surface area contributed by atoms with Crippen molar-refractivity contribution in [1.82, 2.24) is 4.72 Å². The standard InChI is InChI=1S/C13H18N2O4S/c14-9-13(4-1-5-13)15-20(16,17)10-2-3-11-12(8-10)19-7-6-18-11/h2-3,8,15H,1,4-7,9,14H2. The van der Waals surface area contributed by atoms with Crippen LogP contribution in [0, 0.1) is 0 Å². The van der Waals surface area contributed by atoms with E-state index in [9.17, 15) is 8.42 Å². The zero-order chi connectivity index (χ0) is 14.2. The van der Waals surface area contributed by atoms with Gasteiger partial charge >= 0.3 is 0 Å². The quantitative estimate of drug-likeness (QED) is 0.850. The van der Waals surface area contributed by atoms with Crippen LogP contribution in [0.1, 0.15) is 19.3 Å². The lowest BCUT2D eigenvalue weighted by Gasteiger charge is -2.41. The molecule has 1 saturated carbocycles. The second-order valence-electron chi connectivity index (χ2n) is 5.25. The summed E-state index contributed by atoms with van der Waals surface area (Å²) in [5.41, 5.74) is 5.21. The molecule has 1 aliphatic heterocycles. The molecule has 0 unspecified atom stereocenters. The number of hydrogen-bond acceptors (Lipinski definition) is 5. The summed E-state index contributed by atoms with van der Waals surface area (Å²) in [5, 5.41) is 0. The Morgan fingerprint density at radius 1 is 1.20 bits per heavy atom. The Labute approximate surface area is 118 Å². The number of nitrogens with two attached hydrogens (primary N) is 1. The fraction of sp³-hybridized carbons (Fsp3) is 0.538. The number of nitrogens with one attached hydrogen (secondary N) is 1. The Morgan fingerprint density at radius 2 is 1.90 bits per heavy atom. The fourth-order valence-corrected chi connectivity index (χ4v) is 3.97.